The number of pyridine rings is 9. The van der Waals surface area contributed by atoms with Gasteiger partial charge in [0.05, 0.1) is 47.9 Å². The number of nitrogen functional groups attached to an aromatic ring is 2. The molecule has 0 aliphatic carbocycles. The number of carbonyl (C=O) groups is 4. The molecule has 5 aliphatic heterocycles. The van der Waals surface area contributed by atoms with Gasteiger partial charge >= 0.3 is 0 Å². The molecule has 5 saturated heterocycles. The number of rotatable bonds is 27. The van der Waals surface area contributed by atoms with Gasteiger partial charge in [0, 0.05) is 152 Å². The van der Waals surface area contributed by atoms with E-state index in [0.29, 0.717) is 83.4 Å². The monoisotopic (exact) mass is 2080 g/mol. The number of benzene rings is 2. The molecule has 147 heavy (non-hydrogen) atoms. The second kappa shape index (κ2) is 44.5. The van der Waals surface area contributed by atoms with Crippen LogP contribution in [0.1, 0.15) is 182 Å². The van der Waals surface area contributed by atoms with Gasteiger partial charge in [-0.1, -0.05) is 59.7 Å². The molecule has 4 atom stereocenters. The minimum absolute atomic E-state index is 0.0373. The highest BCUT2D eigenvalue weighted by Gasteiger charge is 2.45. The van der Waals surface area contributed by atoms with Crippen LogP contribution in [0.2, 0.25) is 0 Å². The van der Waals surface area contributed by atoms with Crippen molar-refractivity contribution in [2.24, 2.45) is 23.7 Å². The van der Waals surface area contributed by atoms with Gasteiger partial charge in [0.15, 0.2) is 21.6 Å². The van der Waals surface area contributed by atoms with Crippen LogP contribution in [-0.2, 0) is 40.1 Å². The highest BCUT2D eigenvalue weighted by atomic mass is 32.2. The number of halogens is 1. The number of anilines is 7. The van der Waals surface area contributed by atoms with Gasteiger partial charge in [0.2, 0.25) is 11.8 Å². The normalized spacial score (nSPS) is 17.9. The van der Waals surface area contributed by atoms with Crippen LogP contribution in [-0.4, -0.2) is 206 Å². The van der Waals surface area contributed by atoms with Gasteiger partial charge in [-0.05, 0) is 270 Å². The number of piperazine rings is 1. The van der Waals surface area contributed by atoms with Crippen molar-refractivity contribution in [3.8, 4) is 51.5 Å². The summed E-state index contributed by atoms with van der Waals surface area (Å²) in [4.78, 5) is 104. The molecule has 0 spiro atoms. The second-order valence-corrected chi connectivity index (χ2v) is 46.6. The molecule has 4 amide bonds. The minimum Gasteiger partial charge on any atom is -0.494 e. The Kier molecular flexibility index (Phi) is 32.8. The van der Waals surface area contributed by atoms with Gasteiger partial charge in [-0.15, -0.1) is 0 Å². The molecule has 2 unspecified atom stereocenters. The van der Waals surface area contributed by atoms with E-state index >= 15 is 4.39 Å². The van der Waals surface area contributed by atoms with Crippen molar-refractivity contribution in [1.82, 2.24) is 73.2 Å². The van der Waals surface area contributed by atoms with Crippen molar-refractivity contribution in [3.05, 3.63) is 247 Å². The molecule has 0 radical (unpaired) electrons. The van der Waals surface area contributed by atoms with Crippen molar-refractivity contribution in [2.45, 2.75) is 190 Å². The minimum atomic E-state index is -4.31. The van der Waals surface area contributed by atoms with E-state index in [1.165, 1.54) is 80.2 Å². The first kappa shape index (κ1) is 108. The molecule has 5 aliphatic rings. The van der Waals surface area contributed by atoms with Crippen LogP contribution in [0.3, 0.4) is 0 Å². The first-order chi connectivity index (χ1) is 69.5. The highest BCUT2D eigenvalue weighted by molar-refractivity contribution is 7.91. The van der Waals surface area contributed by atoms with Crippen LogP contribution in [0, 0.1) is 36.4 Å². The third-order valence-corrected chi connectivity index (χ3v) is 31.9. The molecule has 42 heteroatoms. The number of aryl methyl sites for hydroxylation is 1. The van der Waals surface area contributed by atoms with E-state index in [0.717, 1.165) is 94.6 Å². The van der Waals surface area contributed by atoms with Crippen LogP contribution in [0.15, 0.2) is 233 Å². The Hall–Kier alpha value is -14.4. The number of ether oxygens (including phenoxy) is 3. The van der Waals surface area contributed by atoms with E-state index in [2.05, 4.69) is 166 Å². The molecule has 12 aromatic rings. The molecule has 778 valence electrons. The van der Waals surface area contributed by atoms with Gasteiger partial charge < -0.3 is 54.7 Å². The average Bonchev–Trinajstić information content (AvgIpc) is 1.53. The number of hydrogen-bond acceptors (Lipinski definition) is 32. The molecule has 15 heterocycles. The Morgan fingerprint density at radius 1 is 0.449 bits per heavy atom. The largest absolute Gasteiger partial charge is 0.494 e. The third-order valence-electron chi connectivity index (χ3n) is 26.7. The van der Waals surface area contributed by atoms with E-state index in [9.17, 15) is 52.8 Å². The first-order valence-corrected chi connectivity index (χ1v) is 54.4. The second-order valence-electron chi connectivity index (χ2n) is 40.0. The summed E-state index contributed by atoms with van der Waals surface area (Å²) in [7, 11) is -14.1. The number of nitrogens with one attached hydrogen (secondary N) is 4. The summed E-state index contributed by atoms with van der Waals surface area (Å²) < 4.78 is 146. The van der Waals surface area contributed by atoms with Crippen molar-refractivity contribution in [3.63, 3.8) is 0 Å². The Morgan fingerprint density at radius 2 is 0.864 bits per heavy atom. The van der Waals surface area contributed by atoms with E-state index in [-0.39, 0.29) is 105 Å². The van der Waals surface area contributed by atoms with E-state index in [1.807, 2.05) is 79.0 Å². The fourth-order valence-corrected chi connectivity index (χ4v) is 24.1. The predicted octanol–water partition coefficient (Wildman–Crippen LogP) is 15.1. The predicted molar refractivity (Wildman–Crippen MR) is 563 cm³/mol. The molecule has 37 nitrogen and oxygen atoms in total. The lowest BCUT2D eigenvalue weighted by molar-refractivity contribution is 0.0972. The van der Waals surface area contributed by atoms with Crippen molar-refractivity contribution >= 4 is 104 Å². The first-order valence-electron chi connectivity index (χ1n) is 48.5. The fraction of sp³-hybridized carbons (Fsp3) is 0.381. The molecular formula is C105H127FN22O15S4. The third kappa shape index (κ3) is 25.0. The lowest BCUT2D eigenvalue weighted by atomic mass is 9.97. The van der Waals surface area contributed by atoms with Gasteiger partial charge in [-0.2, -0.15) is 21.8 Å². The molecule has 10 aromatic heterocycles. The van der Waals surface area contributed by atoms with Crippen LogP contribution in [0.4, 0.5) is 45.1 Å². The topological polar surface area (TPSA) is 473 Å². The zero-order valence-electron chi connectivity index (χ0n) is 85.4. The highest BCUT2D eigenvalue weighted by Crippen LogP contribution is 2.44. The number of sulfonamides is 4. The Bertz CT molecular complexity index is 7320. The molecule has 0 saturated carbocycles. The van der Waals surface area contributed by atoms with Gasteiger partial charge in [-0.25, -0.2) is 80.0 Å². The number of hydrogen-bond donors (Lipinski definition) is 6. The van der Waals surface area contributed by atoms with Gasteiger partial charge in [0.25, 0.3) is 63.7 Å². The standard InChI is InChI=1S/C28H29N5O4S.C27H40N6O3S.C25H28FN5O4S.C25H30N6O4S/c1-20-18-28(2,3)33(19-20)26-23(8-7-15-29-26)27(34)31-38(35,36)25-10-6-9-24(30-25)37-22-13-11-21(12-14-22)32-16-4-5-17-32;1-6-21(7-2)31-14-16-32(17-15-31)23-11-8-12-24(29-23)37(35,36)30-26(34)22-10-9-13-28-25(22)33-19-20(3)18-27(33,4)5;1-15-13-25(2,3)31(14-15)23-17(24(32)30-36(33,34)20-9-6-12-28-22(20)27)10-11-18(29-23)16-7-5-8-19(35-4)21(16)26;1-15-12-25(3,4)31(14-15)22-18(23(32)30-36(33,34)20-7-6-10-27-21(20)26)8-9-19(29-22)17-11-16(2)24(35-5)28-13-17/h4-17,20H,18-19H2,1-3H3,(H,31,34);8-13,20-21H,6-7,14-19H2,1-5H3,(H,30,34);5-12,15H,13-14H2,1-4H3,(H2,27,28)(H,30,32);6-11,13,15H,12,14H2,1-5H3,(H2,26,27)(H,30,32)/t;;2*15-/m..00/s1. The summed E-state index contributed by atoms with van der Waals surface area (Å²) in [6.45, 7) is 37.6. The number of aromatic nitrogens is 10. The maximum Gasteiger partial charge on any atom is 0.281 e. The summed E-state index contributed by atoms with van der Waals surface area (Å²) in [5, 5.41) is -0.491. The summed E-state index contributed by atoms with van der Waals surface area (Å²) >= 11 is 0. The Balaban J connectivity index is 0.000000155. The lowest BCUT2D eigenvalue weighted by Crippen LogP contribution is -2.50. The van der Waals surface area contributed by atoms with Crippen molar-refractivity contribution in [2.75, 3.05) is 103 Å². The molecule has 5 fully saturated rings. The summed E-state index contributed by atoms with van der Waals surface area (Å²) in [5.74, 6) is 0.773. The van der Waals surface area contributed by atoms with Crippen LogP contribution in [0.25, 0.3) is 28.2 Å². The van der Waals surface area contributed by atoms with Crippen LogP contribution >= 0.6 is 0 Å². The van der Waals surface area contributed by atoms with E-state index in [1.54, 1.807) is 98.5 Å². The van der Waals surface area contributed by atoms with Crippen molar-refractivity contribution in [1.29, 1.82) is 0 Å². The zero-order chi connectivity index (χ0) is 106. The number of nitrogens with two attached hydrogens (primary N) is 2. The number of nitrogens with zero attached hydrogens (tertiary/aromatic N) is 16. The maximum atomic E-state index is 15.0. The SMILES string of the molecule is CC1CN(c2ncccc2C(=O)NS(=O)(=O)c2cccc(Oc3ccc(-n4cccc4)cc3)n2)C(C)(C)C1.CCC(CC)N1CCN(c2cccc(S(=O)(=O)NC(=O)c3cccnc3N3CC(C)CC3(C)C)n2)CC1.COc1cccc(-c2ccc(C(=O)NS(=O)(=O)c3cccnc3N)c(N3C[C@@H](C)CC3(C)C)n2)c1F.COc1ncc(-c2ccc(C(=O)NS(=O)(=O)c3cccnc3N)c(N3C[C@@H](C)CC3(C)C)n2)cc1C. The van der Waals surface area contributed by atoms with Crippen molar-refractivity contribution < 1.29 is 71.5 Å². The summed E-state index contributed by atoms with van der Waals surface area (Å²) in [6, 6.07) is 45.7. The molecule has 17 rings (SSSR count). The maximum absolute atomic E-state index is 15.0. The molecular weight excluding hydrogens is 1960 g/mol. The average molecular weight is 2080 g/mol. The number of methoxy groups -OCH3 is 2. The van der Waals surface area contributed by atoms with Gasteiger partial charge in [-0.3, -0.25) is 24.1 Å². The summed E-state index contributed by atoms with van der Waals surface area (Å²) in [5.41, 5.74) is 14.6. The van der Waals surface area contributed by atoms with Crippen LogP contribution in [0.5, 0.6) is 23.3 Å². The Morgan fingerprint density at radius 3 is 1.30 bits per heavy atom. The van der Waals surface area contributed by atoms with E-state index < -0.39 is 69.5 Å². The number of carbonyl (C=O) groups excluding carboxylic acids is 4. The van der Waals surface area contributed by atoms with Crippen LogP contribution < -0.4 is 69.1 Å². The molecule has 8 N–H and O–H groups in total. The van der Waals surface area contributed by atoms with E-state index in [4.69, 9.17) is 30.7 Å². The van der Waals surface area contributed by atoms with Gasteiger partial charge in [0.1, 0.15) is 56.3 Å². The molecule has 2 aromatic carbocycles. The number of amides is 4. The lowest BCUT2D eigenvalue weighted by Gasteiger charge is -2.39. The summed E-state index contributed by atoms with van der Waals surface area (Å²) in [6.07, 6.45) is 17.4. The fourth-order valence-electron chi connectivity index (χ4n) is 20.1. The quantitative estimate of drug-likeness (QED) is 0.0278. The smallest absolute Gasteiger partial charge is 0.281 e. The molecule has 0 bridgehead atoms. The zero-order valence-corrected chi connectivity index (χ0v) is 88.7. The Labute approximate surface area is 858 Å².